The van der Waals surface area contributed by atoms with Crippen LogP contribution in [0.4, 0.5) is 0 Å². The van der Waals surface area contributed by atoms with E-state index in [0.717, 1.165) is 22.4 Å². The monoisotopic (exact) mass is 387 g/mol. The third-order valence-electron chi connectivity index (χ3n) is 6.80. The number of nitriles is 2. The highest BCUT2D eigenvalue weighted by atomic mass is 32.2. The third-order valence-corrected chi connectivity index (χ3v) is 8.10. The molecule has 2 heterocycles. The molecule has 0 radical (unpaired) electrons. The lowest BCUT2D eigenvalue weighted by atomic mass is 9.84. The Labute approximate surface area is 167 Å². The van der Waals surface area contributed by atoms with Crippen LogP contribution in [-0.2, 0) is 10.2 Å². The fourth-order valence-electron chi connectivity index (χ4n) is 5.42. The van der Waals surface area contributed by atoms with Gasteiger partial charge in [0.25, 0.3) is 10.9 Å². The Balaban J connectivity index is 1.65. The lowest BCUT2D eigenvalue weighted by Crippen LogP contribution is -2.88. The normalized spacial score (nSPS) is 37.8. The van der Waals surface area contributed by atoms with E-state index in [0.29, 0.717) is 12.4 Å². The fraction of sp³-hybridized carbons (Fsp3) is 0.318. The zero-order valence-electron chi connectivity index (χ0n) is 15.4. The number of hydrogen-bond acceptors (Lipinski definition) is 5. The highest BCUT2D eigenvalue weighted by molar-refractivity contribution is 8.00. The molecule has 0 aromatic heterocycles. The molecule has 1 aliphatic carbocycles. The molecule has 28 heavy (non-hydrogen) atoms. The molecule has 1 saturated carbocycles. The van der Waals surface area contributed by atoms with Gasteiger partial charge < -0.3 is 4.74 Å². The van der Waals surface area contributed by atoms with Gasteiger partial charge in [0.05, 0.1) is 24.2 Å². The summed E-state index contributed by atoms with van der Waals surface area (Å²) >= 11 is 1.53. The van der Waals surface area contributed by atoms with Gasteiger partial charge >= 0.3 is 0 Å². The van der Waals surface area contributed by atoms with Crippen molar-refractivity contribution in [1.29, 1.82) is 10.5 Å². The summed E-state index contributed by atoms with van der Waals surface area (Å²) in [6.45, 7) is 2.49. The molecule has 2 aliphatic heterocycles. The molecule has 0 bridgehead atoms. The van der Waals surface area contributed by atoms with Crippen molar-refractivity contribution in [2.24, 2.45) is 16.6 Å². The topological polar surface area (TPSA) is 96.8 Å². The van der Waals surface area contributed by atoms with Gasteiger partial charge in [-0.3, -0.25) is 5.73 Å². The second-order valence-corrected chi connectivity index (χ2v) is 8.92. The lowest BCUT2D eigenvalue weighted by molar-refractivity contribution is -0.584. The van der Waals surface area contributed by atoms with E-state index < -0.39 is 21.3 Å². The summed E-state index contributed by atoms with van der Waals surface area (Å²) in [6.07, 6.45) is 0. The molecule has 2 fully saturated rings. The minimum atomic E-state index is -1.12. The quantitative estimate of drug-likeness (QED) is 0.814. The van der Waals surface area contributed by atoms with Gasteiger partial charge in [-0.2, -0.15) is 10.5 Å². The first-order chi connectivity index (χ1) is 13.5. The van der Waals surface area contributed by atoms with Crippen LogP contribution in [0, 0.1) is 33.5 Å². The first kappa shape index (κ1) is 17.3. The number of hydrogen-bond donors (Lipinski definition) is 2. The van der Waals surface area contributed by atoms with Crippen molar-refractivity contribution >= 4 is 17.6 Å². The number of thioether (sulfide) groups is 1. The average Bonchev–Trinajstić information content (AvgIpc) is 3.00. The van der Waals surface area contributed by atoms with Gasteiger partial charge in [0.15, 0.2) is 10.8 Å². The summed E-state index contributed by atoms with van der Waals surface area (Å²) < 4.78 is 6.03. The summed E-state index contributed by atoms with van der Waals surface area (Å²) in [5.41, 5.74) is 6.53. The second kappa shape index (κ2) is 5.38. The largest absolute Gasteiger partial charge is 0.327 e. The maximum atomic E-state index is 10.3. The van der Waals surface area contributed by atoms with Crippen molar-refractivity contribution in [2.45, 2.75) is 17.4 Å². The number of fused-ring (bicyclic) bond motifs is 2. The van der Waals surface area contributed by atoms with E-state index in [1.54, 1.807) is 0 Å². The van der Waals surface area contributed by atoms with Crippen molar-refractivity contribution in [1.82, 2.24) is 0 Å². The molecule has 2 aromatic carbocycles. The molecule has 4 atom stereocenters. The molecule has 0 unspecified atom stereocenters. The predicted molar refractivity (Wildman–Crippen MR) is 107 cm³/mol. The SMILES string of the molecule is C[C@@]1(c2ccc(-c3ccccc3)cc2)[C@]2(C#N)C(N)=[NH+][C@@]3(OCCS3)[C@@]21C#N. The molecule has 2 aromatic rings. The summed E-state index contributed by atoms with van der Waals surface area (Å²) in [4.78, 5) is 3.16. The fourth-order valence-corrected chi connectivity index (χ4v) is 6.84. The molecule has 0 amide bonds. The Bertz CT molecular complexity index is 1080. The van der Waals surface area contributed by atoms with E-state index in [1.165, 1.54) is 11.8 Å². The van der Waals surface area contributed by atoms with Gasteiger partial charge in [0.1, 0.15) is 0 Å². The molecule has 6 heteroatoms. The zero-order chi connectivity index (χ0) is 19.6. The van der Waals surface area contributed by atoms with Crippen molar-refractivity contribution < 1.29 is 9.73 Å². The number of nitrogens with one attached hydrogen (secondary N) is 1. The molecular formula is C22H19N4OS+. The van der Waals surface area contributed by atoms with E-state index in [-0.39, 0.29) is 0 Å². The van der Waals surface area contributed by atoms with Crippen molar-refractivity contribution in [3.8, 4) is 23.3 Å². The van der Waals surface area contributed by atoms with Crippen LogP contribution in [0.2, 0.25) is 0 Å². The van der Waals surface area contributed by atoms with Crippen LogP contribution in [0.15, 0.2) is 54.6 Å². The van der Waals surface area contributed by atoms with Gasteiger partial charge in [-0.25, -0.2) is 4.99 Å². The first-order valence-corrected chi connectivity index (χ1v) is 10.2. The van der Waals surface area contributed by atoms with Crippen LogP contribution in [-0.4, -0.2) is 23.3 Å². The van der Waals surface area contributed by atoms with E-state index in [2.05, 4.69) is 29.3 Å². The Morgan fingerprint density at radius 1 is 1.04 bits per heavy atom. The number of amidine groups is 1. The van der Waals surface area contributed by atoms with Gasteiger partial charge in [0.2, 0.25) is 0 Å². The average molecular weight is 387 g/mol. The van der Waals surface area contributed by atoms with Gasteiger partial charge in [-0.15, -0.1) is 0 Å². The smallest absolute Gasteiger partial charge is 0.278 e. The highest BCUT2D eigenvalue weighted by Gasteiger charge is 3.02. The molecule has 5 rings (SSSR count). The van der Waals surface area contributed by atoms with Gasteiger partial charge in [0, 0.05) is 5.75 Å². The number of rotatable bonds is 2. The van der Waals surface area contributed by atoms with Crippen LogP contribution in [0.3, 0.4) is 0 Å². The molecule has 1 spiro atoms. The standard InChI is InChI=1S/C22H18N4OS/c1-19(17-9-7-16(8-10-17)15-5-3-2-4-6-15)20(13-23)18(25)26-22(21(19,20)14-24)27-11-12-28-22/h2-10H,11-12H2,1H3,(H2,25,26)/p+1/t19-,20+,21-,22-/m1/s1. The van der Waals surface area contributed by atoms with Gasteiger partial charge in [-0.05, 0) is 16.7 Å². The van der Waals surface area contributed by atoms with E-state index >= 15 is 0 Å². The third kappa shape index (κ3) is 1.58. The first-order valence-electron chi connectivity index (χ1n) is 9.20. The Hall–Kier alpha value is -2.80. The van der Waals surface area contributed by atoms with Crippen LogP contribution in [0.1, 0.15) is 12.5 Å². The van der Waals surface area contributed by atoms with Gasteiger partial charge in [-0.1, -0.05) is 73.3 Å². The summed E-state index contributed by atoms with van der Waals surface area (Å²) in [5.74, 6) is 1.09. The highest BCUT2D eigenvalue weighted by Crippen LogP contribution is 2.83. The van der Waals surface area contributed by atoms with E-state index in [4.69, 9.17) is 10.5 Å². The van der Waals surface area contributed by atoms with Crippen LogP contribution < -0.4 is 10.7 Å². The lowest BCUT2D eigenvalue weighted by Gasteiger charge is -2.27. The molecule has 1 saturated heterocycles. The predicted octanol–water partition coefficient (Wildman–Crippen LogP) is 1.51. The van der Waals surface area contributed by atoms with Crippen molar-refractivity contribution in [3.05, 3.63) is 60.2 Å². The number of benzene rings is 2. The van der Waals surface area contributed by atoms with Crippen molar-refractivity contribution in [3.63, 3.8) is 0 Å². The minimum Gasteiger partial charge on any atom is -0.327 e. The van der Waals surface area contributed by atoms with E-state index in [1.807, 2.05) is 49.4 Å². The summed E-state index contributed by atoms with van der Waals surface area (Å²) in [5, 5.41) is 19.6. The summed E-state index contributed by atoms with van der Waals surface area (Å²) in [7, 11) is 0. The second-order valence-electron chi connectivity index (χ2n) is 7.64. The summed E-state index contributed by atoms with van der Waals surface area (Å²) in [6, 6.07) is 23.1. The molecule has 5 nitrogen and oxygen atoms in total. The molecule has 138 valence electrons. The van der Waals surface area contributed by atoms with Crippen LogP contribution in [0.25, 0.3) is 11.1 Å². The molecule has 3 aliphatic rings. The number of nitrogens with two attached hydrogens (primary N) is 1. The van der Waals surface area contributed by atoms with Crippen molar-refractivity contribution in [2.75, 3.05) is 12.4 Å². The minimum absolute atomic E-state index is 0.334. The Morgan fingerprint density at radius 2 is 1.71 bits per heavy atom. The molecule has 3 N–H and O–H groups in total. The van der Waals surface area contributed by atoms with E-state index in [9.17, 15) is 10.5 Å². The number of ether oxygens (including phenoxy) is 1. The zero-order valence-corrected chi connectivity index (χ0v) is 16.2. The van der Waals surface area contributed by atoms with Crippen LogP contribution in [0.5, 0.6) is 0 Å². The Kier molecular flexibility index (Phi) is 3.33. The maximum absolute atomic E-state index is 10.3. The Morgan fingerprint density at radius 3 is 2.29 bits per heavy atom. The maximum Gasteiger partial charge on any atom is 0.278 e. The van der Waals surface area contributed by atoms with Crippen LogP contribution >= 0.6 is 11.8 Å². The number of nitrogens with zero attached hydrogens (tertiary/aromatic N) is 2. The molecular weight excluding hydrogens is 368 g/mol.